The fraction of sp³-hybridized carbons (Fsp3) is 0.438. The minimum atomic E-state index is -0.186. The van der Waals surface area contributed by atoms with Crippen molar-refractivity contribution in [3.63, 3.8) is 0 Å². The zero-order valence-electron chi connectivity index (χ0n) is 14.0. The van der Waals surface area contributed by atoms with Gasteiger partial charge in [0.1, 0.15) is 0 Å². The maximum Gasteiger partial charge on any atom is 0.230 e. The van der Waals surface area contributed by atoms with Crippen LogP contribution in [0.3, 0.4) is 0 Å². The molecule has 0 radical (unpaired) electrons. The van der Waals surface area contributed by atoms with Crippen LogP contribution in [0.15, 0.2) is 29.4 Å². The molecule has 2 aromatic rings. The van der Waals surface area contributed by atoms with Crippen molar-refractivity contribution in [2.24, 2.45) is 0 Å². The van der Waals surface area contributed by atoms with Gasteiger partial charge >= 0.3 is 0 Å². The predicted octanol–water partition coefficient (Wildman–Crippen LogP) is 2.01. The Kier molecular flexibility index (Phi) is 5.30. The highest BCUT2D eigenvalue weighted by Crippen LogP contribution is 2.22. The van der Waals surface area contributed by atoms with Crippen LogP contribution in [0.1, 0.15) is 37.7 Å². The second-order valence-electron chi connectivity index (χ2n) is 6.48. The van der Waals surface area contributed by atoms with Crippen LogP contribution >= 0.6 is 11.8 Å². The summed E-state index contributed by atoms with van der Waals surface area (Å²) < 4.78 is 1.46. The molecule has 0 saturated carbocycles. The smallest absolute Gasteiger partial charge is 0.230 e. The van der Waals surface area contributed by atoms with Gasteiger partial charge in [0, 0.05) is 12.0 Å². The summed E-state index contributed by atoms with van der Waals surface area (Å²) in [4.78, 5) is 11.9. The number of nitrogens with zero attached hydrogens (tertiary/aromatic N) is 3. The Morgan fingerprint density at radius 2 is 1.91 bits per heavy atom. The quantitative estimate of drug-likeness (QED) is 0.646. The molecule has 0 unspecified atom stereocenters. The van der Waals surface area contributed by atoms with Crippen molar-refractivity contribution in [2.45, 2.75) is 44.8 Å². The van der Waals surface area contributed by atoms with Crippen LogP contribution in [0, 0.1) is 6.92 Å². The molecule has 2 rings (SSSR count). The lowest BCUT2D eigenvalue weighted by Gasteiger charge is -2.16. The van der Waals surface area contributed by atoms with Gasteiger partial charge in [-0.2, -0.15) is 0 Å². The minimum absolute atomic E-state index is 0.0594. The van der Waals surface area contributed by atoms with Crippen molar-refractivity contribution >= 4 is 17.7 Å². The molecule has 0 saturated heterocycles. The summed E-state index contributed by atoms with van der Waals surface area (Å²) in [6.07, 6.45) is 0. The summed E-state index contributed by atoms with van der Waals surface area (Å²) in [6.45, 7) is 8.60. The van der Waals surface area contributed by atoms with Crippen LogP contribution in [0.25, 0.3) is 0 Å². The first kappa shape index (κ1) is 17.3. The Bertz CT molecular complexity index is 673. The Labute approximate surface area is 140 Å². The molecule has 3 N–H and O–H groups in total. The molecular weight excluding hydrogens is 310 g/mol. The summed E-state index contributed by atoms with van der Waals surface area (Å²) in [5, 5.41) is 11.6. The van der Waals surface area contributed by atoms with Gasteiger partial charge in [-0.3, -0.25) is 4.79 Å². The van der Waals surface area contributed by atoms with E-state index in [9.17, 15) is 4.79 Å². The Hall–Kier alpha value is -2.02. The van der Waals surface area contributed by atoms with E-state index < -0.39 is 0 Å². The van der Waals surface area contributed by atoms with Crippen molar-refractivity contribution < 1.29 is 4.79 Å². The Balaban J connectivity index is 1.85. The van der Waals surface area contributed by atoms with Crippen molar-refractivity contribution in [1.82, 2.24) is 20.2 Å². The lowest BCUT2D eigenvalue weighted by molar-refractivity contribution is -0.118. The highest BCUT2D eigenvalue weighted by molar-refractivity contribution is 7.99. The van der Waals surface area contributed by atoms with Crippen LogP contribution in [0.4, 0.5) is 0 Å². The third kappa shape index (κ3) is 4.72. The molecule has 1 aromatic carbocycles. The highest BCUT2D eigenvalue weighted by Gasteiger charge is 2.23. The molecule has 0 fully saturated rings. The second-order valence-corrected chi connectivity index (χ2v) is 7.42. The Morgan fingerprint density at radius 1 is 1.26 bits per heavy atom. The molecule has 6 nitrogen and oxygen atoms in total. The third-order valence-electron chi connectivity index (χ3n) is 3.28. The molecule has 7 heteroatoms. The van der Waals surface area contributed by atoms with Gasteiger partial charge in [0.25, 0.3) is 0 Å². The number of carbonyl (C=O) groups is 1. The van der Waals surface area contributed by atoms with Gasteiger partial charge < -0.3 is 11.2 Å². The SMILES string of the molecule is Cc1ccc(CNC(=O)CSc2nnc(C(C)(C)C)n2N)cc1. The van der Waals surface area contributed by atoms with Crippen molar-refractivity contribution in [3.05, 3.63) is 41.2 Å². The van der Waals surface area contributed by atoms with E-state index in [4.69, 9.17) is 5.84 Å². The first-order valence-electron chi connectivity index (χ1n) is 7.43. The average Bonchev–Trinajstić information content (AvgIpc) is 2.85. The molecule has 0 aliphatic carbocycles. The number of nitrogen functional groups attached to an aromatic ring is 1. The van der Waals surface area contributed by atoms with Gasteiger partial charge in [0.2, 0.25) is 11.1 Å². The molecule has 0 atom stereocenters. The zero-order chi connectivity index (χ0) is 17.0. The summed E-state index contributed by atoms with van der Waals surface area (Å²) in [7, 11) is 0. The fourth-order valence-corrected chi connectivity index (χ4v) is 2.66. The maximum absolute atomic E-state index is 11.9. The molecule has 1 amide bonds. The number of aryl methyl sites for hydroxylation is 1. The van der Waals surface area contributed by atoms with Gasteiger partial charge in [-0.05, 0) is 12.5 Å². The van der Waals surface area contributed by atoms with Crippen LogP contribution in [-0.2, 0) is 16.8 Å². The second kappa shape index (κ2) is 7.04. The molecule has 124 valence electrons. The number of benzene rings is 1. The molecule has 0 spiro atoms. The molecule has 1 heterocycles. The first-order chi connectivity index (χ1) is 10.8. The molecule has 23 heavy (non-hydrogen) atoms. The Morgan fingerprint density at radius 3 is 2.48 bits per heavy atom. The molecule has 0 aliphatic heterocycles. The molecular formula is C16H23N5OS. The van der Waals surface area contributed by atoms with E-state index in [-0.39, 0.29) is 17.1 Å². The van der Waals surface area contributed by atoms with Crippen molar-refractivity contribution in [2.75, 3.05) is 11.6 Å². The standard InChI is InChI=1S/C16H23N5OS/c1-11-5-7-12(8-6-11)9-18-13(22)10-23-15-20-19-14(21(15)17)16(2,3)4/h5-8H,9-10,17H2,1-4H3,(H,18,22). The van der Waals surface area contributed by atoms with Gasteiger partial charge in [0.15, 0.2) is 5.82 Å². The van der Waals surface area contributed by atoms with E-state index in [0.717, 1.165) is 5.56 Å². The van der Waals surface area contributed by atoms with E-state index in [2.05, 4.69) is 15.5 Å². The van der Waals surface area contributed by atoms with E-state index in [0.29, 0.717) is 17.5 Å². The summed E-state index contributed by atoms with van der Waals surface area (Å²) in [5.74, 6) is 6.88. The van der Waals surface area contributed by atoms with Gasteiger partial charge in [-0.15, -0.1) is 10.2 Å². The van der Waals surface area contributed by atoms with E-state index >= 15 is 0 Å². The summed E-state index contributed by atoms with van der Waals surface area (Å²) >= 11 is 1.28. The molecule has 0 aliphatic rings. The van der Waals surface area contributed by atoms with Crippen molar-refractivity contribution in [1.29, 1.82) is 0 Å². The lowest BCUT2D eigenvalue weighted by atomic mass is 9.96. The number of rotatable bonds is 5. The van der Waals surface area contributed by atoms with E-state index in [1.165, 1.54) is 22.0 Å². The molecule has 0 bridgehead atoms. The van der Waals surface area contributed by atoms with Crippen LogP contribution < -0.4 is 11.2 Å². The van der Waals surface area contributed by atoms with Gasteiger partial charge in [0.05, 0.1) is 5.75 Å². The fourth-order valence-electron chi connectivity index (χ4n) is 1.97. The normalized spacial score (nSPS) is 11.5. The average molecular weight is 333 g/mol. The number of thioether (sulfide) groups is 1. The summed E-state index contributed by atoms with van der Waals surface area (Å²) in [5.41, 5.74) is 2.09. The largest absolute Gasteiger partial charge is 0.351 e. The monoisotopic (exact) mass is 333 g/mol. The van der Waals surface area contributed by atoms with Gasteiger partial charge in [-0.1, -0.05) is 62.4 Å². The number of hydrogen-bond acceptors (Lipinski definition) is 5. The van der Waals surface area contributed by atoms with Crippen LogP contribution in [0.5, 0.6) is 0 Å². The van der Waals surface area contributed by atoms with Crippen LogP contribution in [0.2, 0.25) is 0 Å². The first-order valence-corrected chi connectivity index (χ1v) is 8.42. The van der Waals surface area contributed by atoms with E-state index in [1.807, 2.05) is 52.0 Å². The number of nitrogens with one attached hydrogen (secondary N) is 1. The number of amides is 1. The number of aromatic nitrogens is 3. The highest BCUT2D eigenvalue weighted by atomic mass is 32.2. The predicted molar refractivity (Wildman–Crippen MR) is 92.6 cm³/mol. The zero-order valence-corrected chi connectivity index (χ0v) is 14.8. The number of hydrogen-bond donors (Lipinski definition) is 2. The van der Waals surface area contributed by atoms with Crippen molar-refractivity contribution in [3.8, 4) is 0 Å². The molecule has 1 aromatic heterocycles. The summed E-state index contributed by atoms with van der Waals surface area (Å²) in [6, 6.07) is 8.08. The maximum atomic E-state index is 11.9. The topological polar surface area (TPSA) is 85.8 Å². The van der Waals surface area contributed by atoms with E-state index in [1.54, 1.807) is 0 Å². The number of nitrogens with two attached hydrogens (primary N) is 1. The van der Waals surface area contributed by atoms with Crippen LogP contribution in [-0.4, -0.2) is 26.5 Å². The van der Waals surface area contributed by atoms with Gasteiger partial charge in [-0.25, -0.2) is 4.68 Å². The minimum Gasteiger partial charge on any atom is -0.351 e. The third-order valence-corrected chi connectivity index (χ3v) is 4.22. The lowest BCUT2D eigenvalue weighted by Crippen LogP contribution is -2.26. The number of carbonyl (C=O) groups excluding carboxylic acids is 1.